The zero-order valence-electron chi connectivity index (χ0n) is 10.7. The summed E-state index contributed by atoms with van der Waals surface area (Å²) in [6, 6.07) is 8.06. The monoisotopic (exact) mass is 242 g/mol. The molecule has 1 heterocycles. The molecule has 0 N–H and O–H groups in total. The number of unbranched alkanes of at least 4 members (excludes halogenated alkanes) is 2. The standard InChI is InChI=1S/C15H18N2O/c1-2-3-4-9-18-15-7-5-13(6-8-15)14-10-16-12-17-11-14/h5-8,10-12H,2-4,9H2,1H3. The van der Waals surface area contributed by atoms with Crippen LogP contribution in [0.5, 0.6) is 5.75 Å². The fraction of sp³-hybridized carbons (Fsp3) is 0.333. The van der Waals surface area contributed by atoms with Crippen LogP contribution in [0.25, 0.3) is 11.1 Å². The molecule has 0 saturated heterocycles. The van der Waals surface area contributed by atoms with E-state index in [9.17, 15) is 0 Å². The SMILES string of the molecule is CCCCCOc1ccc(-c2cncnc2)cc1. The van der Waals surface area contributed by atoms with Gasteiger partial charge in [-0.05, 0) is 24.1 Å². The number of nitrogens with zero attached hydrogens (tertiary/aromatic N) is 2. The highest BCUT2D eigenvalue weighted by molar-refractivity contribution is 5.62. The van der Waals surface area contributed by atoms with Gasteiger partial charge in [-0.25, -0.2) is 9.97 Å². The van der Waals surface area contributed by atoms with Crippen LogP contribution in [0, 0.1) is 0 Å². The molecule has 94 valence electrons. The molecule has 1 aromatic heterocycles. The summed E-state index contributed by atoms with van der Waals surface area (Å²) in [4.78, 5) is 8.02. The van der Waals surface area contributed by atoms with Crippen LogP contribution in [0.2, 0.25) is 0 Å². The molecule has 2 aromatic rings. The lowest BCUT2D eigenvalue weighted by Crippen LogP contribution is -1.96. The molecule has 0 aliphatic rings. The minimum Gasteiger partial charge on any atom is -0.494 e. The van der Waals surface area contributed by atoms with Crippen molar-refractivity contribution in [3.8, 4) is 16.9 Å². The van der Waals surface area contributed by atoms with Crippen molar-refractivity contribution in [3.63, 3.8) is 0 Å². The van der Waals surface area contributed by atoms with Crippen molar-refractivity contribution in [2.75, 3.05) is 6.61 Å². The van der Waals surface area contributed by atoms with Crippen molar-refractivity contribution in [2.45, 2.75) is 26.2 Å². The largest absolute Gasteiger partial charge is 0.494 e. The van der Waals surface area contributed by atoms with Gasteiger partial charge in [0, 0.05) is 18.0 Å². The van der Waals surface area contributed by atoms with Crippen LogP contribution < -0.4 is 4.74 Å². The maximum Gasteiger partial charge on any atom is 0.119 e. The van der Waals surface area contributed by atoms with E-state index in [1.807, 2.05) is 36.7 Å². The van der Waals surface area contributed by atoms with Gasteiger partial charge >= 0.3 is 0 Å². The Morgan fingerprint density at radius 2 is 1.67 bits per heavy atom. The zero-order chi connectivity index (χ0) is 12.6. The fourth-order valence-corrected chi connectivity index (χ4v) is 1.73. The fourth-order valence-electron chi connectivity index (χ4n) is 1.73. The van der Waals surface area contributed by atoms with Crippen molar-refractivity contribution in [2.24, 2.45) is 0 Å². The molecule has 1 aromatic carbocycles. The van der Waals surface area contributed by atoms with Gasteiger partial charge in [0.15, 0.2) is 0 Å². The van der Waals surface area contributed by atoms with Crippen molar-refractivity contribution in [1.82, 2.24) is 9.97 Å². The van der Waals surface area contributed by atoms with Crippen LogP contribution in [0.1, 0.15) is 26.2 Å². The Kier molecular flexibility index (Phi) is 4.70. The van der Waals surface area contributed by atoms with Crippen LogP contribution >= 0.6 is 0 Å². The molecule has 18 heavy (non-hydrogen) atoms. The molecule has 0 unspecified atom stereocenters. The third kappa shape index (κ3) is 3.55. The van der Waals surface area contributed by atoms with Crippen LogP contribution in [0.15, 0.2) is 43.0 Å². The van der Waals surface area contributed by atoms with Gasteiger partial charge < -0.3 is 4.74 Å². The number of rotatable bonds is 6. The number of hydrogen-bond acceptors (Lipinski definition) is 3. The Morgan fingerprint density at radius 1 is 0.944 bits per heavy atom. The smallest absolute Gasteiger partial charge is 0.119 e. The van der Waals surface area contributed by atoms with Gasteiger partial charge in [-0.15, -0.1) is 0 Å². The summed E-state index contributed by atoms with van der Waals surface area (Å²) in [5.41, 5.74) is 2.13. The molecular formula is C15H18N2O. The van der Waals surface area contributed by atoms with E-state index in [2.05, 4.69) is 16.9 Å². The van der Waals surface area contributed by atoms with Crippen LogP contribution in [-0.2, 0) is 0 Å². The second-order valence-corrected chi connectivity index (χ2v) is 4.21. The van der Waals surface area contributed by atoms with E-state index in [-0.39, 0.29) is 0 Å². The van der Waals surface area contributed by atoms with Crippen LogP contribution in [-0.4, -0.2) is 16.6 Å². The second-order valence-electron chi connectivity index (χ2n) is 4.21. The Labute approximate surface area is 108 Å². The number of aromatic nitrogens is 2. The predicted molar refractivity (Wildman–Crippen MR) is 72.5 cm³/mol. The van der Waals surface area contributed by atoms with Crippen LogP contribution in [0.4, 0.5) is 0 Å². The van der Waals surface area contributed by atoms with E-state index in [1.165, 1.54) is 19.2 Å². The average molecular weight is 242 g/mol. The minimum absolute atomic E-state index is 0.793. The molecule has 2 rings (SSSR count). The molecule has 0 aliphatic carbocycles. The van der Waals surface area contributed by atoms with Gasteiger partial charge in [0.05, 0.1) is 6.61 Å². The molecular weight excluding hydrogens is 224 g/mol. The normalized spacial score (nSPS) is 10.3. The van der Waals surface area contributed by atoms with Gasteiger partial charge in [-0.2, -0.15) is 0 Å². The summed E-state index contributed by atoms with van der Waals surface area (Å²) < 4.78 is 5.67. The van der Waals surface area contributed by atoms with E-state index in [1.54, 1.807) is 0 Å². The summed E-state index contributed by atoms with van der Waals surface area (Å²) in [6.07, 6.45) is 8.71. The number of hydrogen-bond donors (Lipinski definition) is 0. The number of benzene rings is 1. The molecule has 0 aliphatic heterocycles. The third-order valence-corrected chi connectivity index (χ3v) is 2.76. The highest BCUT2D eigenvalue weighted by Gasteiger charge is 1.98. The van der Waals surface area contributed by atoms with Crippen molar-refractivity contribution >= 4 is 0 Å². The van der Waals surface area contributed by atoms with Crippen molar-refractivity contribution in [3.05, 3.63) is 43.0 Å². The van der Waals surface area contributed by atoms with E-state index in [0.29, 0.717) is 0 Å². The first-order valence-corrected chi connectivity index (χ1v) is 6.38. The Hall–Kier alpha value is -1.90. The maximum absolute atomic E-state index is 5.67. The van der Waals surface area contributed by atoms with Crippen LogP contribution in [0.3, 0.4) is 0 Å². The highest BCUT2D eigenvalue weighted by Crippen LogP contribution is 2.20. The van der Waals surface area contributed by atoms with Gasteiger partial charge in [-0.3, -0.25) is 0 Å². The first-order valence-electron chi connectivity index (χ1n) is 6.38. The van der Waals surface area contributed by atoms with E-state index >= 15 is 0 Å². The number of ether oxygens (including phenoxy) is 1. The minimum atomic E-state index is 0.793. The summed E-state index contributed by atoms with van der Waals surface area (Å²) in [5, 5.41) is 0. The Bertz CT molecular complexity index is 454. The lowest BCUT2D eigenvalue weighted by atomic mass is 10.1. The second kappa shape index (κ2) is 6.74. The molecule has 0 atom stereocenters. The maximum atomic E-state index is 5.67. The topological polar surface area (TPSA) is 35.0 Å². The molecule has 0 bridgehead atoms. The third-order valence-electron chi connectivity index (χ3n) is 2.76. The molecule has 3 nitrogen and oxygen atoms in total. The van der Waals surface area contributed by atoms with Gasteiger partial charge in [0.1, 0.15) is 12.1 Å². The Morgan fingerprint density at radius 3 is 2.33 bits per heavy atom. The molecule has 3 heteroatoms. The molecule has 0 radical (unpaired) electrons. The first-order chi connectivity index (χ1) is 8.90. The Balaban J connectivity index is 1.94. The molecule has 0 amide bonds. The average Bonchev–Trinajstić information content (AvgIpc) is 2.45. The van der Waals surface area contributed by atoms with E-state index in [4.69, 9.17) is 4.74 Å². The highest BCUT2D eigenvalue weighted by atomic mass is 16.5. The summed E-state index contributed by atoms with van der Waals surface area (Å²) >= 11 is 0. The zero-order valence-corrected chi connectivity index (χ0v) is 10.7. The van der Waals surface area contributed by atoms with Gasteiger partial charge in [-0.1, -0.05) is 31.9 Å². The van der Waals surface area contributed by atoms with Gasteiger partial charge in [0.2, 0.25) is 0 Å². The summed E-state index contributed by atoms with van der Waals surface area (Å²) in [6.45, 7) is 2.98. The quantitative estimate of drug-likeness (QED) is 0.724. The molecule has 0 spiro atoms. The lowest BCUT2D eigenvalue weighted by molar-refractivity contribution is 0.306. The van der Waals surface area contributed by atoms with Gasteiger partial charge in [0.25, 0.3) is 0 Å². The van der Waals surface area contributed by atoms with E-state index in [0.717, 1.165) is 29.9 Å². The predicted octanol–water partition coefficient (Wildman–Crippen LogP) is 3.71. The molecule has 0 fully saturated rings. The summed E-state index contributed by atoms with van der Waals surface area (Å²) in [5.74, 6) is 0.923. The summed E-state index contributed by atoms with van der Waals surface area (Å²) in [7, 11) is 0. The lowest BCUT2D eigenvalue weighted by Gasteiger charge is -2.06. The van der Waals surface area contributed by atoms with E-state index < -0.39 is 0 Å². The molecule has 0 saturated carbocycles. The van der Waals surface area contributed by atoms with Crippen molar-refractivity contribution in [1.29, 1.82) is 0 Å². The first kappa shape index (κ1) is 12.6. The van der Waals surface area contributed by atoms with Crippen molar-refractivity contribution < 1.29 is 4.74 Å².